The van der Waals surface area contributed by atoms with Crippen LogP contribution in [0.15, 0.2) is 36.4 Å². The number of benzene rings is 1. The van der Waals surface area contributed by atoms with Crippen LogP contribution in [0.5, 0.6) is 0 Å². The van der Waals surface area contributed by atoms with Crippen LogP contribution in [0.2, 0.25) is 5.02 Å². The molecule has 7 nitrogen and oxygen atoms in total. The molecule has 6 atom stereocenters. The lowest BCUT2D eigenvalue weighted by Gasteiger charge is -2.35. The van der Waals surface area contributed by atoms with Crippen LogP contribution in [0.4, 0.5) is 5.69 Å². The molecule has 1 aliphatic carbocycles. The lowest BCUT2D eigenvalue weighted by molar-refractivity contribution is -0.143. The zero-order valence-electron chi connectivity index (χ0n) is 18.9. The van der Waals surface area contributed by atoms with Crippen molar-refractivity contribution < 1.29 is 19.5 Å². The molecule has 8 heteroatoms. The lowest BCUT2D eigenvalue weighted by atomic mass is 9.69. The summed E-state index contributed by atoms with van der Waals surface area (Å²) in [5.74, 6) is -2.75. The fourth-order valence-electron chi connectivity index (χ4n) is 5.10. The van der Waals surface area contributed by atoms with Crippen LogP contribution in [0.3, 0.4) is 0 Å². The monoisotopic (exact) mass is 461 g/mol. The van der Waals surface area contributed by atoms with E-state index in [0.717, 1.165) is 0 Å². The van der Waals surface area contributed by atoms with Gasteiger partial charge in [0.05, 0.1) is 35.2 Å². The highest BCUT2D eigenvalue weighted by atomic mass is 35.5. The minimum atomic E-state index is -0.857. The lowest BCUT2D eigenvalue weighted by Crippen LogP contribution is -2.52. The molecule has 0 spiro atoms. The third-order valence-electron chi connectivity index (χ3n) is 6.78. The molecule has 0 bridgehead atoms. The fraction of sp³-hybridized carbons (Fsp3) is 0.542. The summed E-state index contributed by atoms with van der Waals surface area (Å²) in [5, 5.41) is 16.1. The van der Waals surface area contributed by atoms with E-state index in [1.165, 1.54) is 4.90 Å². The summed E-state index contributed by atoms with van der Waals surface area (Å²) in [6.07, 6.45) is 4.56. The number of carbonyl (C=O) groups is 3. The Bertz CT molecular complexity index is 903. The molecule has 1 heterocycles. The van der Waals surface area contributed by atoms with Gasteiger partial charge in [-0.05, 0) is 30.4 Å². The van der Waals surface area contributed by atoms with Crippen LogP contribution in [-0.2, 0) is 14.4 Å². The third kappa shape index (κ3) is 4.28. The summed E-state index contributed by atoms with van der Waals surface area (Å²) in [6, 6.07) is 5.50. The number of hydrogen-bond donors (Lipinski definition) is 3. The topological polar surface area (TPSA) is 98.7 Å². The molecule has 32 heavy (non-hydrogen) atoms. The molecular weight excluding hydrogens is 430 g/mol. The van der Waals surface area contributed by atoms with Gasteiger partial charge < -0.3 is 20.6 Å². The number of likely N-dealkylation sites (tertiary alicyclic amines) is 1. The van der Waals surface area contributed by atoms with Crippen molar-refractivity contribution in [1.29, 1.82) is 0 Å². The average molecular weight is 462 g/mol. The van der Waals surface area contributed by atoms with Crippen molar-refractivity contribution in [3.05, 3.63) is 41.4 Å². The fourth-order valence-corrected chi connectivity index (χ4v) is 5.29. The zero-order chi connectivity index (χ0) is 23.6. The van der Waals surface area contributed by atoms with E-state index in [-0.39, 0.29) is 36.2 Å². The summed E-state index contributed by atoms with van der Waals surface area (Å²) >= 11 is 6.24. The molecule has 3 rings (SSSR count). The van der Waals surface area contributed by atoms with E-state index < -0.39 is 29.8 Å². The summed E-state index contributed by atoms with van der Waals surface area (Å²) in [5.41, 5.74) is 0.453. The van der Waals surface area contributed by atoms with Crippen LogP contribution in [0, 0.1) is 29.6 Å². The Morgan fingerprint density at radius 3 is 2.44 bits per heavy atom. The van der Waals surface area contributed by atoms with E-state index in [0.29, 0.717) is 17.1 Å². The van der Waals surface area contributed by atoms with Crippen molar-refractivity contribution in [1.82, 2.24) is 10.2 Å². The van der Waals surface area contributed by atoms with Gasteiger partial charge in [0.25, 0.3) is 0 Å². The van der Waals surface area contributed by atoms with Crippen molar-refractivity contribution in [2.75, 3.05) is 19.0 Å². The number of anilines is 1. The minimum Gasteiger partial charge on any atom is -0.394 e. The number of nitrogens with one attached hydrogen (secondary N) is 2. The molecule has 0 unspecified atom stereocenters. The van der Waals surface area contributed by atoms with Gasteiger partial charge in [0.1, 0.15) is 6.04 Å². The average Bonchev–Trinajstić information content (AvgIpc) is 3.06. The van der Waals surface area contributed by atoms with Crippen molar-refractivity contribution in [3.8, 4) is 0 Å². The minimum absolute atomic E-state index is 0.0795. The first-order chi connectivity index (χ1) is 15.3. The number of carbonyl (C=O) groups excluding carboxylic acids is 3. The normalized spacial score (nSPS) is 27.9. The molecule has 2 aliphatic rings. The second kappa shape index (κ2) is 10.0. The van der Waals surface area contributed by atoms with E-state index in [1.54, 1.807) is 31.3 Å². The number of aliphatic hydroxyl groups is 1. The molecule has 1 aliphatic heterocycles. The number of hydrogen-bond acceptors (Lipinski definition) is 4. The summed E-state index contributed by atoms with van der Waals surface area (Å²) in [4.78, 5) is 41.6. The van der Waals surface area contributed by atoms with E-state index in [9.17, 15) is 19.5 Å². The first-order valence-electron chi connectivity index (χ1n) is 11.1. The number of nitrogens with zero attached hydrogens (tertiary/aromatic N) is 1. The molecule has 0 saturated carbocycles. The van der Waals surface area contributed by atoms with Crippen LogP contribution in [0.25, 0.3) is 0 Å². The highest BCUT2D eigenvalue weighted by molar-refractivity contribution is 6.33. The van der Waals surface area contributed by atoms with E-state index in [4.69, 9.17) is 11.6 Å². The first-order valence-corrected chi connectivity index (χ1v) is 11.5. The Hall–Kier alpha value is -2.38. The van der Waals surface area contributed by atoms with Crippen LogP contribution in [0.1, 0.15) is 27.2 Å². The zero-order valence-corrected chi connectivity index (χ0v) is 19.7. The Morgan fingerprint density at radius 2 is 1.88 bits per heavy atom. The Balaban J connectivity index is 2.07. The maximum atomic E-state index is 13.8. The number of rotatable bonds is 7. The Morgan fingerprint density at radius 1 is 1.19 bits per heavy atom. The summed E-state index contributed by atoms with van der Waals surface area (Å²) in [6.45, 7) is 5.51. The molecule has 0 aromatic heterocycles. The highest BCUT2D eigenvalue weighted by Gasteiger charge is 2.58. The van der Waals surface area contributed by atoms with Gasteiger partial charge in [-0.3, -0.25) is 14.4 Å². The van der Waals surface area contributed by atoms with Gasteiger partial charge in [0, 0.05) is 13.0 Å². The molecular formula is C24H32ClN3O4. The standard InChI is InChI=1S/C24H32ClN3O4/c1-5-14-10-11-15-20(19(14)22(30)26-4)24(32)28(18(12-29)13(2)3)21(15)23(31)27-17-9-7-6-8-16(17)25/h6-11,13-15,18-21,29H,5,12H2,1-4H3,(H,26,30)(H,27,31)/t14-,15+,18+,19-,20-,21+/m1/s1. The highest BCUT2D eigenvalue weighted by Crippen LogP contribution is 2.46. The molecule has 3 amide bonds. The summed E-state index contributed by atoms with van der Waals surface area (Å²) in [7, 11) is 1.56. The smallest absolute Gasteiger partial charge is 0.247 e. The van der Waals surface area contributed by atoms with Crippen molar-refractivity contribution >= 4 is 35.0 Å². The quantitative estimate of drug-likeness (QED) is 0.543. The van der Waals surface area contributed by atoms with Gasteiger partial charge >= 0.3 is 0 Å². The van der Waals surface area contributed by atoms with Gasteiger partial charge in [-0.25, -0.2) is 0 Å². The number of fused-ring (bicyclic) bond motifs is 1. The Kier molecular flexibility index (Phi) is 7.62. The third-order valence-corrected chi connectivity index (χ3v) is 7.11. The van der Waals surface area contributed by atoms with E-state index in [1.807, 2.05) is 32.9 Å². The molecule has 1 saturated heterocycles. The van der Waals surface area contributed by atoms with Gasteiger partial charge in [0.2, 0.25) is 17.7 Å². The largest absolute Gasteiger partial charge is 0.394 e. The van der Waals surface area contributed by atoms with Crippen LogP contribution >= 0.6 is 11.6 Å². The number of halogens is 1. The van der Waals surface area contributed by atoms with Gasteiger partial charge in [-0.1, -0.05) is 56.7 Å². The number of amides is 3. The molecule has 3 N–H and O–H groups in total. The number of aliphatic hydroxyl groups excluding tert-OH is 1. The molecule has 0 radical (unpaired) electrons. The van der Waals surface area contributed by atoms with Gasteiger partial charge in [0.15, 0.2) is 0 Å². The number of para-hydroxylation sites is 1. The predicted molar refractivity (Wildman–Crippen MR) is 124 cm³/mol. The van der Waals surface area contributed by atoms with E-state index in [2.05, 4.69) is 10.6 Å². The van der Waals surface area contributed by atoms with Crippen molar-refractivity contribution in [2.45, 2.75) is 39.3 Å². The van der Waals surface area contributed by atoms with Crippen molar-refractivity contribution in [3.63, 3.8) is 0 Å². The second-order valence-corrected chi connectivity index (χ2v) is 9.26. The predicted octanol–water partition coefficient (Wildman–Crippen LogP) is 2.70. The van der Waals surface area contributed by atoms with Crippen LogP contribution in [-0.4, -0.2) is 53.5 Å². The Labute approximate surface area is 194 Å². The molecule has 1 fully saturated rings. The van der Waals surface area contributed by atoms with E-state index >= 15 is 0 Å². The number of allylic oxidation sites excluding steroid dienone is 1. The van der Waals surface area contributed by atoms with Crippen molar-refractivity contribution in [2.24, 2.45) is 29.6 Å². The maximum Gasteiger partial charge on any atom is 0.247 e. The summed E-state index contributed by atoms with van der Waals surface area (Å²) < 4.78 is 0. The molecule has 174 valence electrons. The maximum absolute atomic E-state index is 13.8. The molecule has 1 aromatic carbocycles. The second-order valence-electron chi connectivity index (χ2n) is 8.85. The van der Waals surface area contributed by atoms with Gasteiger partial charge in [-0.15, -0.1) is 0 Å². The van der Waals surface area contributed by atoms with Crippen LogP contribution < -0.4 is 10.6 Å². The molecule has 1 aromatic rings. The first kappa shape index (κ1) is 24.3. The van der Waals surface area contributed by atoms with Gasteiger partial charge in [-0.2, -0.15) is 0 Å². The SMILES string of the molecule is CC[C@@H]1C=C[C@H]2[C@@H](C(=O)N([C@@H](CO)C(C)C)[C@@H]2C(=O)Nc2ccccc2Cl)[C@@H]1C(=O)NC.